The Morgan fingerprint density at radius 1 is 1.13 bits per heavy atom. The molecule has 3 rings (SSSR count). The second-order valence-corrected chi connectivity index (χ2v) is 7.90. The van der Waals surface area contributed by atoms with Crippen molar-refractivity contribution in [2.75, 3.05) is 50.9 Å². The zero-order valence-electron chi connectivity index (χ0n) is 18.1. The summed E-state index contributed by atoms with van der Waals surface area (Å²) in [4.78, 5) is 53.8. The molecule has 1 aromatic carbocycles. The number of hydrogen-bond donors (Lipinski definition) is 1. The summed E-state index contributed by atoms with van der Waals surface area (Å²) in [6.07, 6.45) is 0. The highest BCUT2D eigenvalue weighted by Gasteiger charge is 2.47. The monoisotopic (exact) mass is 432 g/mol. The number of nitrogens with one attached hydrogen (secondary N) is 1. The fraction of sp³-hybridized carbons (Fsp3) is 0.524. The van der Waals surface area contributed by atoms with E-state index in [2.05, 4.69) is 10.2 Å². The molecule has 168 valence electrons. The number of hydrogen-bond acceptors (Lipinski definition) is 7. The number of para-hydroxylation sites is 2. The smallest absolute Gasteiger partial charge is 0.339 e. The Kier molecular flexibility index (Phi) is 6.91. The van der Waals surface area contributed by atoms with Gasteiger partial charge < -0.3 is 14.8 Å². The lowest BCUT2D eigenvalue weighted by Gasteiger charge is -2.40. The fourth-order valence-corrected chi connectivity index (χ4v) is 3.57. The Labute approximate surface area is 181 Å². The minimum absolute atomic E-state index is 0.170. The van der Waals surface area contributed by atoms with E-state index in [0.717, 1.165) is 18.0 Å². The van der Waals surface area contributed by atoms with Crippen LogP contribution in [-0.2, 0) is 19.1 Å². The van der Waals surface area contributed by atoms with E-state index < -0.39 is 30.3 Å². The number of carbonyl (C=O) groups excluding carboxylic acids is 4. The highest BCUT2D eigenvalue weighted by molar-refractivity contribution is 6.53. The fourth-order valence-electron chi connectivity index (χ4n) is 3.57. The van der Waals surface area contributed by atoms with Crippen LogP contribution in [0.25, 0.3) is 0 Å². The third-order valence-corrected chi connectivity index (χ3v) is 5.35. The average Bonchev–Trinajstić information content (AvgIpc) is 2.97. The minimum atomic E-state index is -1.04. The van der Waals surface area contributed by atoms with Crippen LogP contribution in [0.1, 0.15) is 20.8 Å². The molecule has 31 heavy (non-hydrogen) atoms. The lowest BCUT2D eigenvalue weighted by atomic mass is 10.0. The number of morpholine rings is 1. The molecule has 10 nitrogen and oxygen atoms in total. The summed E-state index contributed by atoms with van der Waals surface area (Å²) in [6.45, 7) is 8.68. The summed E-state index contributed by atoms with van der Waals surface area (Å²) in [5, 5.41) is 2.77. The van der Waals surface area contributed by atoms with Crippen LogP contribution in [0.4, 0.5) is 10.5 Å². The molecule has 2 aliphatic heterocycles. The van der Waals surface area contributed by atoms with Crippen LogP contribution < -0.4 is 15.0 Å². The summed E-state index contributed by atoms with van der Waals surface area (Å²) in [6, 6.07) is 5.58. The van der Waals surface area contributed by atoms with Crippen LogP contribution >= 0.6 is 0 Å². The highest BCUT2D eigenvalue weighted by atomic mass is 16.5. The number of urea groups is 1. The summed E-state index contributed by atoms with van der Waals surface area (Å²) in [7, 11) is 0. The Morgan fingerprint density at radius 3 is 2.48 bits per heavy atom. The molecule has 2 saturated heterocycles. The van der Waals surface area contributed by atoms with Crippen LogP contribution in [0.3, 0.4) is 0 Å². The first-order chi connectivity index (χ1) is 14.8. The molecule has 1 N–H and O–H groups in total. The SMILES string of the molecule is CCOc1ccccc1N1C(=O)C(=O)N(CC(=O)NCC(C)(C)N2CCOCC2)C1=O. The maximum atomic E-state index is 12.8. The number of amides is 5. The van der Waals surface area contributed by atoms with Crippen molar-refractivity contribution in [2.45, 2.75) is 26.3 Å². The van der Waals surface area contributed by atoms with Crippen molar-refractivity contribution in [3.8, 4) is 5.75 Å². The lowest BCUT2D eigenvalue weighted by molar-refractivity contribution is -0.140. The number of anilines is 1. The van der Waals surface area contributed by atoms with Gasteiger partial charge in [-0.2, -0.15) is 0 Å². The molecule has 2 heterocycles. The minimum Gasteiger partial charge on any atom is -0.492 e. The molecule has 0 bridgehead atoms. The molecule has 0 spiro atoms. The van der Waals surface area contributed by atoms with Crippen molar-refractivity contribution in [3.05, 3.63) is 24.3 Å². The zero-order valence-corrected chi connectivity index (χ0v) is 18.1. The molecular weight excluding hydrogens is 404 g/mol. The second kappa shape index (κ2) is 9.44. The van der Waals surface area contributed by atoms with Gasteiger partial charge in [-0.1, -0.05) is 12.1 Å². The third kappa shape index (κ3) is 4.86. The van der Waals surface area contributed by atoms with Gasteiger partial charge in [0.15, 0.2) is 0 Å². The molecule has 2 fully saturated rings. The summed E-state index contributed by atoms with van der Waals surface area (Å²) >= 11 is 0. The molecule has 0 aromatic heterocycles. The molecule has 1 aromatic rings. The van der Waals surface area contributed by atoms with E-state index in [1.54, 1.807) is 25.1 Å². The maximum absolute atomic E-state index is 12.8. The van der Waals surface area contributed by atoms with Gasteiger partial charge in [0.05, 0.1) is 25.5 Å². The Hall–Kier alpha value is -2.98. The van der Waals surface area contributed by atoms with Gasteiger partial charge in [0.2, 0.25) is 5.91 Å². The first kappa shape index (κ1) is 22.7. The summed E-state index contributed by atoms with van der Waals surface area (Å²) in [5.41, 5.74) is -0.152. The van der Waals surface area contributed by atoms with Crippen LogP contribution in [0, 0.1) is 0 Å². The van der Waals surface area contributed by atoms with E-state index in [0.29, 0.717) is 37.0 Å². The Balaban J connectivity index is 1.65. The van der Waals surface area contributed by atoms with Gasteiger partial charge in [-0.3, -0.25) is 19.3 Å². The van der Waals surface area contributed by atoms with Crippen molar-refractivity contribution >= 4 is 29.4 Å². The molecule has 0 saturated carbocycles. The summed E-state index contributed by atoms with van der Waals surface area (Å²) < 4.78 is 10.8. The molecule has 0 aliphatic carbocycles. The highest BCUT2D eigenvalue weighted by Crippen LogP contribution is 2.31. The van der Waals surface area contributed by atoms with Crippen LogP contribution in [-0.4, -0.2) is 85.1 Å². The number of carbonyl (C=O) groups is 4. The number of imide groups is 2. The Morgan fingerprint density at radius 2 is 1.81 bits per heavy atom. The second-order valence-electron chi connectivity index (χ2n) is 7.90. The molecule has 0 radical (unpaired) electrons. The first-order valence-corrected chi connectivity index (χ1v) is 10.3. The number of nitrogens with zero attached hydrogens (tertiary/aromatic N) is 3. The first-order valence-electron chi connectivity index (χ1n) is 10.3. The van der Waals surface area contributed by atoms with Gasteiger partial charge in [-0.25, -0.2) is 14.6 Å². The summed E-state index contributed by atoms with van der Waals surface area (Å²) in [5.74, 6) is -2.27. The van der Waals surface area contributed by atoms with Crippen molar-refractivity contribution < 1.29 is 28.7 Å². The molecule has 0 atom stereocenters. The normalized spacial score (nSPS) is 18.0. The number of benzene rings is 1. The topological polar surface area (TPSA) is 108 Å². The van der Waals surface area contributed by atoms with Gasteiger partial charge in [0, 0.05) is 25.2 Å². The van der Waals surface area contributed by atoms with Crippen molar-refractivity contribution in [3.63, 3.8) is 0 Å². The molecule has 0 unspecified atom stereocenters. The molecular formula is C21H28N4O6. The predicted molar refractivity (Wildman–Crippen MR) is 112 cm³/mol. The lowest BCUT2D eigenvalue weighted by Crippen LogP contribution is -2.56. The number of rotatable bonds is 8. The average molecular weight is 432 g/mol. The maximum Gasteiger partial charge on any atom is 0.339 e. The van der Waals surface area contributed by atoms with E-state index in [-0.39, 0.29) is 11.2 Å². The van der Waals surface area contributed by atoms with Gasteiger partial charge in [-0.15, -0.1) is 0 Å². The Bertz CT molecular complexity index is 865. The number of ether oxygens (including phenoxy) is 2. The van der Waals surface area contributed by atoms with E-state index in [4.69, 9.17) is 9.47 Å². The van der Waals surface area contributed by atoms with E-state index in [9.17, 15) is 19.2 Å². The van der Waals surface area contributed by atoms with Crippen LogP contribution in [0.2, 0.25) is 0 Å². The van der Waals surface area contributed by atoms with Crippen molar-refractivity contribution in [2.24, 2.45) is 0 Å². The zero-order chi connectivity index (χ0) is 22.6. The van der Waals surface area contributed by atoms with Crippen LogP contribution in [0.15, 0.2) is 24.3 Å². The van der Waals surface area contributed by atoms with Gasteiger partial charge in [0.1, 0.15) is 12.3 Å². The largest absolute Gasteiger partial charge is 0.492 e. The predicted octanol–water partition coefficient (Wildman–Crippen LogP) is 0.608. The van der Waals surface area contributed by atoms with E-state index in [1.165, 1.54) is 6.07 Å². The van der Waals surface area contributed by atoms with E-state index >= 15 is 0 Å². The molecule has 10 heteroatoms. The standard InChI is InChI=1S/C21H28N4O6/c1-4-31-16-8-6-5-7-15(16)25-19(28)18(27)24(20(25)29)13-17(26)22-14-21(2,3)23-9-11-30-12-10-23/h5-8H,4,9-14H2,1-3H3,(H,22,26). The molecule has 5 amide bonds. The van der Waals surface area contributed by atoms with Gasteiger partial charge >= 0.3 is 17.8 Å². The van der Waals surface area contributed by atoms with Crippen molar-refractivity contribution in [1.29, 1.82) is 0 Å². The van der Waals surface area contributed by atoms with E-state index in [1.807, 2.05) is 13.8 Å². The van der Waals surface area contributed by atoms with Crippen LogP contribution in [0.5, 0.6) is 5.75 Å². The molecule has 2 aliphatic rings. The van der Waals surface area contributed by atoms with Crippen molar-refractivity contribution in [1.82, 2.24) is 15.1 Å². The third-order valence-electron chi connectivity index (χ3n) is 5.35. The van der Waals surface area contributed by atoms with Gasteiger partial charge in [-0.05, 0) is 32.9 Å². The quantitative estimate of drug-likeness (QED) is 0.474. The van der Waals surface area contributed by atoms with Gasteiger partial charge in [0.25, 0.3) is 0 Å².